The van der Waals surface area contributed by atoms with Crippen LogP contribution in [0.25, 0.3) is 11.1 Å². The first-order chi connectivity index (χ1) is 16.1. The summed E-state index contributed by atoms with van der Waals surface area (Å²) in [4.78, 5) is 11.2. The summed E-state index contributed by atoms with van der Waals surface area (Å²) in [5, 5.41) is 9.19. The second-order valence-electron chi connectivity index (χ2n) is 7.76. The monoisotopic (exact) mass is 448 g/mol. The Morgan fingerprint density at radius 1 is 0.758 bits per heavy atom. The zero-order valence-corrected chi connectivity index (χ0v) is 19.3. The topological polar surface area (TPSA) is 65.0 Å². The summed E-state index contributed by atoms with van der Waals surface area (Å²) in [6, 6.07) is 24.2. The standard InChI is InChI=1S/C28H32O5/c1-3-21-6-10-23(11-7-21)24-12-16-26(17-13-24)33-19-5-18-32-25-14-8-22(9-15-25)20-27(28(29)30)31-4-2/h6-17,27H,3-5,18-20H2,1-2H3,(H,29,30). The number of carboxylic acid groups (broad SMARTS) is 1. The van der Waals surface area contributed by atoms with Gasteiger partial charge in [0, 0.05) is 19.4 Å². The van der Waals surface area contributed by atoms with E-state index in [1.54, 1.807) is 6.92 Å². The average molecular weight is 449 g/mol. The molecule has 0 bridgehead atoms. The number of ether oxygens (including phenoxy) is 3. The minimum atomic E-state index is -0.947. The number of carboxylic acids is 1. The Labute approximate surface area is 195 Å². The van der Waals surface area contributed by atoms with E-state index in [4.69, 9.17) is 14.2 Å². The van der Waals surface area contributed by atoms with Gasteiger partial charge in [0.05, 0.1) is 13.2 Å². The number of rotatable bonds is 13. The van der Waals surface area contributed by atoms with Gasteiger partial charge in [-0.2, -0.15) is 0 Å². The van der Waals surface area contributed by atoms with Crippen molar-refractivity contribution >= 4 is 5.97 Å². The number of benzene rings is 3. The maximum atomic E-state index is 11.2. The van der Waals surface area contributed by atoms with Gasteiger partial charge in [0.2, 0.25) is 0 Å². The number of aliphatic carboxylic acids is 1. The molecular formula is C28H32O5. The van der Waals surface area contributed by atoms with Gasteiger partial charge in [-0.15, -0.1) is 0 Å². The Bertz CT molecular complexity index is 978. The summed E-state index contributed by atoms with van der Waals surface area (Å²) >= 11 is 0. The van der Waals surface area contributed by atoms with Gasteiger partial charge >= 0.3 is 5.97 Å². The van der Waals surface area contributed by atoms with Gasteiger partial charge < -0.3 is 19.3 Å². The molecule has 3 rings (SSSR count). The largest absolute Gasteiger partial charge is 0.493 e. The van der Waals surface area contributed by atoms with Gasteiger partial charge in [0.25, 0.3) is 0 Å². The molecule has 0 spiro atoms. The Morgan fingerprint density at radius 2 is 1.24 bits per heavy atom. The summed E-state index contributed by atoms with van der Waals surface area (Å²) in [7, 11) is 0. The lowest BCUT2D eigenvalue weighted by atomic mass is 10.0. The highest BCUT2D eigenvalue weighted by Crippen LogP contribution is 2.23. The van der Waals surface area contributed by atoms with E-state index in [2.05, 4.69) is 43.3 Å². The Hall–Kier alpha value is -3.31. The van der Waals surface area contributed by atoms with Crippen LogP contribution < -0.4 is 9.47 Å². The van der Waals surface area contributed by atoms with E-state index in [0.29, 0.717) is 26.2 Å². The fourth-order valence-electron chi connectivity index (χ4n) is 3.47. The average Bonchev–Trinajstić information content (AvgIpc) is 2.85. The number of aryl methyl sites for hydroxylation is 1. The van der Waals surface area contributed by atoms with E-state index in [1.807, 2.05) is 36.4 Å². The van der Waals surface area contributed by atoms with Crippen LogP contribution in [0, 0.1) is 0 Å². The summed E-state index contributed by atoms with van der Waals surface area (Å²) < 4.78 is 16.9. The quantitative estimate of drug-likeness (QED) is 0.335. The maximum absolute atomic E-state index is 11.2. The van der Waals surface area contributed by atoms with E-state index in [1.165, 1.54) is 16.7 Å². The molecule has 0 aliphatic carbocycles. The molecule has 0 aromatic heterocycles. The first-order valence-electron chi connectivity index (χ1n) is 11.5. The molecule has 174 valence electrons. The summed E-state index contributed by atoms with van der Waals surface area (Å²) in [6.07, 6.45) is 1.31. The van der Waals surface area contributed by atoms with Gasteiger partial charge in [-0.1, -0.05) is 55.5 Å². The maximum Gasteiger partial charge on any atom is 0.333 e. The molecule has 0 saturated carbocycles. The Balaban J connectivity index is 1.38. The molecule has 0 heterocycles. The predicted octanol–water partition coefficient (Wildman–Crippen LogP) is 5.80. The van der Waals surface area contributed by atoms with Gasteiger partial charge in [-0.3, -0.25) is 0 Å². The molecule has 0 saturated heterocycles. The van der Waals surface area contributed by atoms with Crippen LogP contribution in [0.1, 0.15) is 31.4 Å². The van der Waals surface area contributed by atoms with E-state index in [9.17, 15) is 9.90 Å². The third-order valence-electron chi connectivity index (χ3n) is 5.36. The Kier molecular flexibility index (Phi) is 9.33. The summed E-state index contributed by atoms with van der Waals surface area (Å²) in [5.41, 5.74) is 4.61. The summed E-state index contributed by atoms with van der Waals surface area (Å²) in [5.74, 6) is 0.647. The zero-order chi connectivity index (χ0) is 23.5. The number of hydrogen-bond acceptors (Lipinski definition) is 4. The molecular weight excluding hydrogens is 416 g/mol. The molecule has 3 aromatic rings. The third kappa shape index (κ3) is 7.65. The minimum absolute atomic E-state index is 0.333. The third-order valence-corrected chi connectivity index (χ3v) is 5.36. The molecule has 0 amide bonds. The van der Waals surface area contributed by atoms with E-state index in [-0.39, 0.29) is 0 Å². The van der Waals surface area contributed by atoms with Gasteiger partial charge in [0.1, 0.15) is 11.5 Å². The normalized spacial score (nSPS) is 11.7. The van der Waals surface area contributed by atoms with Crippen molar-refractivity contribution in [3.8, 4) is 22.6 Å². The molecule has 0 aliphatic rings. The van der Waals surface area contributed by atoms with Crippen LogP contribution in [0.3, 0.4) is 0 Å². The van der Waals surface area contributed by atoms with E-state index in [0.717, 1.165) is 29.9 Å². The first-order valence-corrected chi connectivity index (χ1v) is 11.5. The fourth-order valence-corrected chi connectivity index (χ4v) is 3.47. The van der Waals surface area contributed by atoms with Crippen LogP contribution in [0.2, 0.25) is 0 Å². The highest BCUT2D eigenvalue weighted by Gasteiger charge is 2.17. The lowest BCUT2D eigenvalue weighted by Crippen LogP contribution is -2.26. The van der Waals surface area contributed by atoms with Crippen molar-refractivity contribution in [2.24, 2.45) is 0 Å². The molecule has 5 nitrogen and oxygen atoms in total. The van der Waals surface area contributed by atoms with E-state index >= 15 is 0 Å². The van der Waals surface area contributed by atoms with Crippen molar-refractivity contribution in [3.63, 3.8) is 0 Å². The lowest BCUT2D eigenvalue weighted by molar-refractivity contribution is -0.149. The van der Waals surface area contributed by atoms with Crippen molar-refractivity contribution in [2.45, 2.75) is 39.2 Å². The zero-order valence-electron chi connectivity index (χ0n) is 19.3. The van der Waals surface area contributed by atoms with Crippen molar-refractivity contribution in [1.29, 1.82) is 0 Å². The van der Waals surface area contributed by atoms with Crippen LogP contribution in [0.5, 0.6) is 11.5 Å². The van der Waals surface area contributed by atoms with Gasteiger partial charge in [0.15, 0.2) is 6.10 Å². The van der Waals surface area contributed by atoms with Crippen molar-refractivity contribution < 1.29 is 24.1 Å². The fraction of sp³-hybridized carbons (Fsp3) is 0.321. The van der Waals surface area contributed by atoms with Gasteiger partial charge in [-0.05, 0) is 59.9 Å². The molecule has 3 aromatic carbocycles. The molecule has 1 unspecified atom stereocenters. The van der Waals surface area contributed by atoms with Crippen LogP contribution in [0.4, 0.5) is 0 Å². The van der Waals surface area contributed by atoms with Crippen molar-refractivity contribution in [1.82, 2.24) is 0 Å². The van der Waals surface area contributed by atoms with Crippen LogP contribution in [-0.4, -0.2) is 37.0 Å². The van der Waals surface area contributed by atoms with E-state index < -0.39 is 12.1 Å². The predicted molar refractivity (Wildman–Crippen MR) is 130 cm³/mol. The van der Waals surface area contributed by atoms with Crippen molar-refractivity contribution in [3.05, 3.63) is 83.9 Å². The van der Waals surface area contributed by atoms with Crippen LogP contribution in [0.15, 0.2) is 72.8 Å². The summed E-state index contributed by atoms with van der Waals surface area (Å²) in [6.45, 7) is 5.43. The molecule has 0 radical (unpaired) electrons. The molecule has 0 fully saturated rings. The first kappa shape index (κ1) is 24.3. The second kappa shape index (κ2) is 12.7. The highest BCUT2D eigenvalue weighted by molar-refractivity contribution is 5.72. The van der Waals surface area contributed by atoms with Crippen LogP contribution in [-0.2, 0) is 22.4 Å². The molecule has 5 heteroatoms. The van der Waals surface area contributed by atoms with Crippen LogP contribution >= 0.6 is 0 Å². The molecule has 33 heavy (non-hydrogen) atoms. The number of carbonyl (C=O) groups is 1. The SMILES string of the molecule is CCOC(Cc1ccc(OCCCOc2ccc(-c3ccc(CC)cc3)cc2)cc1)C(=O)O. The molecule has 0 aliphatic heterocycles. The minimum Gasteiger partial charge on any atom is -0.493 e. The number of hydrogen-bond donors (Lipinski definition) is 1. The Morgan fingerprint density at radius 3 is 1.73 bits per heavy atom. The second-order valence-corrected chi connectivity index (χ2v) is 7.76. The van der Waals surface area contributed by atoms with Gasteiger partial charge in [-0.25, -0.2) is 4.79 Å². The smallest absolute Gasteiger partial charge is 0.333 e. The molecule has 1 N–H and O–H groups in total. The highest BCUT2D eigenvalue weighted by atomic mass is 16.5. The molecule has 1 atom stereocenters. The van der Waals surface area contributed by atoms with Crippen molar-refractivity contribution in [2.75, 3.05) is 19.8 Å². The lowest BCUT2D eigenvalue weighted by Gasteiger charge is -2.13.